The van der Waals surface area contributed by atoms with Gasteiger partial charge in [-0.3, -0.25) is 4.79 Å². The van der Waals surface area contributed by atoms with E-state index in [-0.39, 0.29) is 12.5 Å². The predicted molar refractivity (Wildman–Crippen MR) is 101 cm³/mol. The molecule has 0 saturated heterocycles. The maximum Gasteiger partial charge on any atom is 0.262 e. The fraction of sp³-hybridized carbons (Fsp3) is 0.278. The molecule has 6 nitrogen and oxygen atoms in total. The van der Waals surface area contributed by atoms with Gasteiger partial charge in [-0.15, -0.1) is 5.10 Å². The molecule has 0 saturated carbocycles. The van der Waals surface area contributed by atoms with Crippen molar-refractivity contribution in [1.29, 1.82) is 0 Å². The molecule has 1 amide bonds. The molecule has 0 aliphatic carbocycles. The second-order valence-electron chi connectivity index (χ2n) is 6.00. The number of carbonyl (C=O) groups is 1. The van der Waals surface area contributed by atoms with E-state index in [2.05, 4.69) is 31.3 Å². The number of hydrogen-bond donors (Lipinski definition) is 1. The molecule has 0 radical (unpaired) electrons. The Morgan fingerprint density at radius 3 is 2.72 bits per heavy atom. The number of rotatable bonds is 4. The number of ether oxygens (including phenoxy) is 1. The van der Waals surface area contributed by atoms with Crippen molar-refractivity contribution in [1.82, 2.24) is 14.8 Å². The van der Waals surface area contributed by atoms with E-state index in [1.54, 1.807) is 4.68 Å². The van der Waals surface area contributed by atoms with E-state index >= 15 is 0 Å². The van der Waals surface area contributed by atoms with Crippen LogP contribution in [0.4, 0.5) is 5.69 Å². The highest BCUT2D eigenvalue weighted by molar-refractivity contribution is 9.10. The lowest BCUT2D eigenvalue weighted by Crippen LogP contribution is -2.20. The largest absolute Gasteiger partial charge is 0.466 e. The van der Waals surface area contributed by atoms with Gasteiger partial charge in [-0.1, -0.05) is 15.9 Å². The average Bonchev–Trinajstić information content (AvgIpc) is 2.84. The second-order valence-corrected chi connectivity index (χ2v) is 6.92. The molecular weight excluding hydrogens is 384 g/mol. The summed E-state index contributed by atoms with van der Waals surface area (Å²) in [7, 11) is 1.81. The lowest BCUT2D eigenvalue weighted by Gasteiger charge is -2.09. The van der Waals surface area contributed by atoms with Crippen LogP contribution >= 0.6 is 15.9 Å². The van der Waals surface area contributed by atoms with Crippen molar-refractivity contribution >= 4 is 38.6 Å². The van der Waals surface area contributed by atoms with Crippen molar-refractivity contribution < 1.29 is 9.53 Å². The highest BCUT2D eigenvalue weighted by atomic mass is 79.9. The summed E-state index contributed by atoms with van der Waals surface area (Å²) < 4.78 is 8.30. The minimum atomic E-state index is -0.234. The van der Waals surface area contributed by atoms with E-state index in [0.29, 0.717) is 5.88 Å². The molecule has 7 heteroatoms. The van der Waals surface area contributed by atoms with E-state index in [1.807, 2.05) is 52.1 Å². The summed E-state index contributed by atoms with van der Waals surface area (Å²) in [5.41, 5.74) is 4.42. The Bertz CT molecular complexity index is 965. The Balaban J connectivity index is 1.75. The first-order chi connectivity index (χ1) is 11.8. The Morgan fingerprint density at radius 2 is 2.00 bits per heavy atom. The lowest BCUT2D eigenvalue weighted by atomic mass is 10.2. The number of aromatic nitrogens is 3. The monoisotopic (exact) mass is 402 g/mol. The van der Waals surface area contributed by atoms with Gasteiger partial charge in [0.1, 0.15) is 0 Å². The van der Waals surface area contributed by atoms with Gasteiger partial charge < -0.3 is 10.1 Å². The van der Waals surface area contributed by atoms with Crippen LogP contribution in [0.1, 0.15) is 16.8 Å². The summed E-state index contributed by atoms with van der Waals surface area (Å²) >= 11 is 3.41. The number of nitrogens with zero attached hydrogens (tertiary/aromatic N) is 3. The van der Waals surface area contributed by atoms with Gasteiger partial charge in [0.05, 0.1) is 5.39 Å². The van der Waals surface area contributed by atoms with Crippen molar-refractivity contribution in [2.45, 2.75) is 20.8 Å². The third-order valence-electron chi connectivity index (χ3n) is 3.89. The van der Waals surface area contributed by atoms with E-state index in [9.17, 15) is 4.79 Å². The number of halogens is 1. The zero-order valence-electron chi connectivity index (χ0n) is 14.6. The first-order valence-electron chi connectivity index (χ1n) is 7.85. The highest BCUT2D eigenvalue weighted by Crippen LogP contribution is 2.27. The van der Waals surface area contributed by atoms with Crippen molar-refractivity contribution in [3.05, 3.63) is 45.6 Å². The van der Waals surface area contributed by atoms with Crippen LogP contribution in [-0.2, 0) is 11.8 Å². The Labute approximate surface area is 154 Å². The van der Waals surface area contributed by atoms with Crippen LogP contribution < -0.4 is 10.1 Å². The number of benzene rings is 1. The molecule has 0 spiro atoms. The zero-order valence-corrected chi connectivity index (χ0v) is 16.1. The van der Waals surface area contributed by atoms with Crippen LogP contribution in [0.2, 0.25) is 0 Å². The number of hydrogen-bond acceptors (Lipinski definition) is 4. The Morgan fingerprint density at radius 1 is 1.24 bits per heavy atom. The molecule has 130 valence electrons. The molecule has 25 heavy (non-hydrogen) atoms. The molecule has 0 atom stereocenters. The fourth-order valence-electron chi connectivity index (χ4n) is 2.74. The topological polar surface area (TPSA) is 69.0 Å². The molecule has 2 heterocycles. The summed E-state index contributed by atoms with van der Waals surface area (Å²) in [5, 5.41) is 8.03. The standard InChI is InChI=1S/C18H19BrN4O2/c1-10-8-13(19)5-6-14(10)21-15(24)9-25-18-16-11(2)7-12(3)20-17(16)23(4)22-18/h5-8H,9H2,1-4H3,(H,21,24). The summed E-state index contributed by atoms with van der Waals surface area (Å²) in [5.74, 6) is 0.187. The van der Waals surface area contributed by atoms with E-state index in [1.165, 1.54) is 0 Å². The highest BCUT2D eigenvalue weighted by Gasteiger charge is 2.16. The van der Waals surface area contributed by atoms with Gasteiger partial charge in [0, 0.05) is 22.9 Å². The predicted octanol–water partition coefficient (Wildman–Crippen LogP) is 3.67. The minimum absolute atomic E-state index is 0.116. The Kier molecular flexibility index (Phi) is 4.76. The number of aryl methyl sites for hydroxylation is 4. The van der Waals surface area contributed by atoms with Crippen LogP contribution in [0.3, 0.4) is 0 Å². The van der Waals surface area contributed by atoms with Gasteiger partial charge in [-0.2, -0.15) is 0 Å². The summed E-state index contributed by atoms with van der Waals surface area (Å²) in [6, 6.07) is 7.65. The molecule has 0 bridgehead atoms. The average molecular weight is 403 g/mol. The van der Waals surface area contributed by atoms with E-state index < -0.39 is 0 Å². The lowest BCUT2D eigenvalue weighted by molar-refractivity contribution is -0.118. The first-order valence-corrected chi connectivity index (χ1v) is 8.64. The third-order valence-corrected chi connectivity index (χ3v) is 4.38. The SMILES string of the molecule is Cc1cc(C)c2c(OCC(=O)Nc3ccc(Br)cc3C)nn(C)c2n1. The molecule has 1 aromatic carbocycles. The number of carbonyl (C=O) groups excluding carboxylic acids is 1. The first kappa shape index (κ1) is 17.4. The van der Waals surface area contributed by atoms with E-state index in [4.69, 9.17) is 4.74 Å². The summed E-state index contributed by atoms with van der Waals surface area (Å²) in [4.78, 5) is 16.7. The maximum absolute atomic E-state index is 12.2. The molecule has 1 N–H and O–H groups in total. The maximum atomic E-state index is 12.2. The quantitative estimate of drug-likeness (QED) is 0.722. The molecule has 2 aromatic heterocycles. The van der Waals surface area contributed by atoms with Crippen molar-refractivity contribution in [2.24, 2.45) is 7.05 Å². The van der Waals surface area contributed by atoms with Crippen LogP contribution in [-0.4, -0.2) is 27.3 Å². The van der Waals surface area contributed by atoms with Gasteiger partial charge in [0.25, 0.3) is 5.91 Å². The molecule has 0 aliphatic heterocycles. The number of anilines is 1. The number of amides is 1. The van der Waals surface area contributed by atoms with Crippen molar-refractivity contribution in [3.63, 3.8) is 0 Å². The second kappa shape index (κ2) is 6.84. The van der Waals surface area contributed by atoms with Crippen LogP contribution in [0.15, 0.2) is 28.7 Å². The van der Waals surface area contributed by atoms with Crippen LogP contribution in [0.5, 0.6) is 5.88 Å². The number of pyridine rings is 1. The van der Waals surface area contributed by atoms with Gasteiger partial charge in [0.2, 0.25) is 5.88 Å². The van der Waals surface area contributed by atoms with Gasteiger partial charge >= 0.3 is 0 Å². The van der Waals surface area contributed by atoms with Crippen LogP contribution in [0.25, 0.3) is 11.0 Å². The fourth-order valence-corrected chi connectivity index (χ4v) is 3.21. The Hall–Kier alpha value is -2.41. The number of fused-ring (bicyclic) bond motifs is 1. The molecule has 0 unspecified atom stereocenters. The molecule has 3 rings (SSSR count). The summed E-state index contributed by atoms with van der Waals surface area (Å²) in [6.45, 7) is 5.74. The van der Waals surface area contributed by atoms with Crippen molar-refractivity contribution in [3.8, 4) is 5.88 Å². The number of nitrogens with one attached hydrogen (secondary N) is 1. The smallest absolute Gasteiger partial charge is 0.262 e. The normalized spacial score (nSPS) is 10.9. The summed E-state index contributed by atoms with van der Waals surface area (Å²) in [6.07, 6.45) is 0. The molecule has 3 aromatic rings. The molecule has 0 fully saturated rings. The third kappa shape index (κ3) is 3.66. The van der Waals surface area contributed by atoms with Gasteiger partial charge in [0.15, 0.2) is 12.3 Å². The van der Waals surface area contributed by atoms with Gasteiger partial charge in [-0.05, 0) is 56.2 Å². The van der Waals surface area contributed by atoms with Crippen LogP contribution in [0, 0.1) is 20.8 Å². The van der Waals surface area contributed by atoms with Crippen molar-refractivity contribution in [2.75, 3.05) is 11.9 Å². The van der Waals surface area contributed by atoms with Gasteiger partial charge in [-0.25, -0.2) is 9.67 Å². The molecular formula is C18H19BrN4O2. The zero-order chi connectivity index (χ0) is 18.1. The van der Waals surface area contributed by atoms with E-state index in [0.717, 1.165) is 38.0 Å². The minimum Gasteiger partial charge on any atom is -0.466 e. The molecule has 0 aliphatic rings.